The number of carbonyl (C=O) groups excluding carboxylic acids is 3. The van der Waals surface area contributed by atoms with Crippen LogP contribution in [0.4, 0.5) is 5.69 Å². The van der Waals surface area contributed by atoms with E-state index in [0.717, 1.165) is 15.5 Å². The zero-order chi connectivity index (χ0) is 19.9. The van der Waals surface area contributed by atoms with Gasteiger partial charge in [-0.1, -0.05) is 0 Å². The first-order chi connectivity index (χ1) is 13.5. The molecule has 1 aromatic heterocycles. The van der Waals surface area contributed by atoms with Crippen molar-refractivity contribution in [3.63, 3.8) is 0 Å². The molecule has 8 heteroatoms. The van der Waals surface area contributed by atoms with Crippen molar-refractivity contribution in [2.75, 3.05) is 37.4 Å². The molecule has 0 atom stereocenters. The highest BCUT2D eigenvalue weighted by atomic mass is 32.2. The number of amides is 2. The van der Waals surface area contributed by atoms with E-state index >= 15 is 0 Å². The van der Waals surface area contributed by atoms with Gasteiger partial charge in [-0.25, -0.2) is 0 Å². The Morgan fingerprint density at radius 1 is 1.11 bits per heavy atom. The summed E-state index contributed by atoms with van der Waals surface area (Å²) in [4.78, 5) is 40.2. The molecule has 1 N–H and O–H groups in total. The number of anilines is 1. The van der Waals surface area contributed by atoms with Crippen LogP contribution in [0.15, 0.2) is 41.3 Å². The molecule has 28 heavy (non-hydrogen) atoms. The van der Waals surface area contributed by atoms with Gasteiger partial charge in [0, 0.05) is 35.5 Å². The minimum Gasteiger partial charge on any atom is -0.378 e. The number of Topliss-reactive ketones (excluding diaryl/α,β-unsaturated/α-hetero) is 1. The van der Waals surface area contributed by atoms with Crippen LogP contribution in [-0.2, 0) is 20.7 Å². The summed E-state index contributed by atoms with van der Waals surface area (Å²) in [6, 6.07) is 11.1. The van der Waals surface area contributed by atoms with Gasteiger partial charge in [0.1, 0.15) is 0 Å². The highest BCUT2D eigenvalue weighted by Gasteiger charge is 2.18. The molecule has 1 aromatic carbocycles. The molecule has 1 aliphatic rings. The van der Waals surface area contributed by atoms with E-state index in [2.05, 4.69) is 5.32 Å². The molecule has 2 amide bonds. The van der Waals surface area contributed by atoms with Gasteiger partial charge in [0.05, 0.1) is 30.3 Å². The van der Waals surface area contributed by atoms with E-state index in [4.69, 9.17) is 4.74 Å². The Kier molecular flexibility index (Phi) is 7.24. The van der Waals surface area contributed by atoms with Gasteiger partial charge in [-0.2, -0.15) is 0 Å². The predicted molar refractivity (Wildman–Crippen MR) is 111 cm³/mol. The van der Waals surface area contributed by atoms with E-state index in [1.165, 1.54) is 30.0 Å². The number of ketones is 1. The Labute approximate surface area is 172 Å². The van der Waals surface area contributed by atoms with E-state index in [1.807, 2.05) is 35.2 Å². The number of rotatable bonds is 7. The third-order valence-corrected chi connectivity index (χ3v) is 6.31. The van der Waals surface area contributed by atoms with Gasteiger partial charge in [-0.05, 0) is 36.4 Å². The molecule has 0 spiro atoms. The lowest BCUT2D eigenvalue weighted by molar-refractivity contribution is -0.134. The van der Waals surface area contributed by atoms with Crippen molar-refractivity contribution in [2.45, 2.75) is 18.2 Å². The molecule has 148 valence electrons. The highest BCUT2D eigenvalue weighted by molar-refractivity contribution is 8.00. The summed E-state index contributed by atoms with van der Waals surface area (Å²) in [5.41, 5.74) is 0.732. The molecule has 1 fully saturated rings. The molecule has 0 saturated carbocycles. The average molecular weight is 419 g/mol. The van der Waals surface area contributed by atoms with E-state index in [0.29, 0.717) is 43.4 Å². The Bertz CT molecular complexity index is 842. The van der Waals surface area contributed by atoms with Crippen molar-refractivity contribution in [2.24, 2.45) is 0 Å². The first-order valence-corrected chi connectivity index (χ1v) is 10.8. The van der Waals surface area contributed by atoms with Crippen molar-refractivity contribution < 1.29 is 19.1 Å². The van der Waals surface area contributed by atoms with E-state index in [-0.39, 0.29) is 17.6 Å². The number of hydrogen-bond acceptors (Lipinski definition) is 6. The number of carbonyl (C=O) groups is 3. The molecule has 0 bridgehead atoms. The summed E-state index contributed by atoms with van der Waals surface area (Å²) >= 11 is 2.84. The van der Waals surface area contributed by atoms with Crippen molar-refractivity contribution in [3.8, 4) is 0 Å². The Balaban J connectivity index is 1.49. The molecular formula is C20H22N2O4S2. The Morgan fingerprint density at radius 2 is 1.82 bits per heavy atom. The minimum absolute atomic E-state index is 0.0472. The van der Waals surface area contributed by atoms with Crippen LogP contribution in [-0.4, -0.2) is 54.6 Å². The van der Waals surface area contributed by atoms with E-state index in [1.54, 1.807) is 6.07 Å². The van der Waals surface area contributed by atoms with Gasteiger partial charge in [-0.15, -0.1) is 23.1 Å². The van der Waals surface area contributed by atoms with Crippen LogP contribution in [0.1, 0.15) is 21.5 Å². The fourth-order valence-corrected chi connectivity index (χ4v) is 4.56. The number of thioether (sulfide) groups is 1. The fourth-order valence-electron chi connectivity index (χ4n) is 2.75. The summed E-state index contributed by atoms with van der Waals surface area (Å²) in [7, 11) is 0. The first kappa shape index (κ1) is 20.6. The molecule has 2 heterocycles. The summed E-state index contributed by atoms with van der Waals surface area (Å²) in [6.07, 6.45) is 0.329. The molecule has 0 radical (unpaired) electrons. The predicted octanol–water partition coefficient (Wildman–Crippen LogP) is 3.08. The number of ether oxygens (including phenoxy) is 1. The number of nitrogens with zero attached hydrogens (tertiary/aromatic N) is 1. The number of thiophene rings is 1. The second kappa shape index (κ2) is 9.86. The molecule has 2 aromatic rings. The zero-order valence-corrected chi connectivity index (χ0v) is 17.2. The standard InChI is InChI=1S/C20H22N2O4S2/c1-14(23)21-15-2-4-16(5-3-15)27-13-18(24)19-7-6-17(28-19)12-20(25)22-8-10-26-11-9-22/h2-7H,8-13H2,1H3,(H,21,23). The SMILES string of the molecule is CC(=O)Nc1ccc(SCC(=O)c2ccc(CC(=O)N3CCOCC3)s2)cc1. The molecular weight excluding hydrogens is 396 g/mol. The number of nitrogens with one attached hydrogen (secondary N) is 1. The number of benzene rings is 1. The van der Waals surface area contributed by atoms with Gasteiger partial charge in [0.2, 0.25) is 11.8 Å². The van der Waals surface area contributed by atoms with Gasteiger partial charge in [0.15, 0.2) is 5.78 Å². The molecule has 6 nitrogen and oxygen atoms in total. The lowest BCUT2D eigenvalue weighted by Crippen LogP contribution is -2.41. The van der Waals surface area contributed by atoms with Crippen LogP contribution in [0.5, 0.6) is 0 Å². The average Bonchev–Trinajstić information content (AvgIpc) is 3.16. The lowest BCUT2D eigenvalue weighted by Gasteiger charge is -2.26. The third kappa shape index (κ3) is 5.92. The fraction of sp³-hybridized carbons (Fsp3) is 0.350. The largest absolute Gasteiger partial charge is 0.378 e. The maximum absolute atomic E-state index is 12.5. The maximum atomic E-state index is 12.5. The normalized spacial score (nSPS) is 14.0. The monoisotopic (exact) mass is 418 g/mol. The van der Waals surface area contributed by atoms with Crippen LogP contribution in [0.2, 0.25) is 0 Å². The van der Waals surface area contributed by atoms with Crippen molar-refractivity contribution in [1.29, 1.82) is 0 Å². The summed E-state index contributed by atoms with van der Waals surface area (Å²) < 4.78 is 5.27. The summed E-state index contributed by atoms with van der Waals surface area (Å²) in [5.74, 6) is 0.344. The third-order valence-electron chi connectivity index (χ3n) is 4.17. The topological polar surface area (TPSA) is 75.7 Å². The number of hydrogen-bond donors (Lipinski definition) is 1. The van der Waals surface area contributed by atoms with Gasteiger partial charge in [0.25, 0.3) is 0 Å². The molecule has 3 rings (SSSR count). The van der Waals surface area contributed by atoms with Gasteiger partial charge in [-0.3, -0.25) is 14.4 Å². The van der Waals surface area contributed by atoms with Crippen LogP contribution >= 0.6 is 23.1 Å². The van der Waals surface area contributed by atoms with E-state index < -0.39 is 0 Å². The highest BCUT2D eigenvalue weighted by Crippen LogP contribution is 2.24. The molecule has 1 saturated heterocycles. The van der Waals surface area contributed by atoms with Crippen LogP contribution in [0, 0.1) is 0 Å². The van der Waals surface area contributed by atoms with Crippen LogP contribution < -0.4 is 5.32 Å². The molecule has 1 aliphatic heterocycles. The zero-order valence-electron chi connectivity index (χ0n) is 15.6. The lowest BCUT2D eigenvalue weighted by atomic mass is 10.3. The van der Waals surface area contributed by atoms with E-state index in [9.17, 15) is 14.4 Å². The first-order valence-electron chi connectivity index (χ1n) is 8.99. The quantitative estimate of drug-likeness (QED) is 0.552. The van der Waals surface area contributed by atoms with Crippen molar-refractivity contribution >= 4 is 46.4 Å². The van der Waals surface area contributed by atoms with Crippen molar-refractivity contribution in [1.82, 2.24) is 4.90 Å². The summed E-state index contributed by atoms with van der Waals surface area (Å²) in [6.45, 7) is 3.90. The van der Waals surface area contributed by atoms with Crippen molar-refractivity contribution in [3.05, 3.63) is 46.2 Å². The second-order valence-electron chi connectivity index (χ2n) is 6.35. The van der Waals surface area contributed by atoms with Crippen LogP contribution in [0.3, 0.4) is 0 Å². The summed E-state index contributed by atoms with van der Waals surface area (Å²) in [5, 5.41) is 2.71. The second-order valence-corrected chi connectivity index (χ2v) is 8.57. The minimum atomic E-state index is -0.115. The smallest absolute Gasteiger partial charge is 0.227 e. The Morgan fingerprint density at radius 3 is 2.50 bits per heavy atom. The molecule has 0 unspecified atom stereocenters. The Hall–Kier alpha value is -2.16. The maximum Gasteiger partial charge on any atom is 0.227 e. The molecule has 0 aliphatic carbocycles. The number of morpholine rings is 1. The van der Waals surface area contributed by atoms with Gasteiger partial charge < -0.3 is 15.0 Å². The van der Waals surface area contributed by atoms with Crippen LogP contribution in [0.25, 0.3) is 0 Å². The van der Waals surface area contributed by atoms with Gasteiger partial charge >= 0.3 is 0 Å².